The Kier molecular flexibility index (Phi) is 5.14. The standard InChI is InChI=1S/C9H14BrNO3/c10-3-1-2-9(13)11-4-5-14-8(6-11)7-12/h1-2,8,12H,3-7H2/b2-1+/t8-/m1/s1. The number of allylic oxidation sites excluding steroid dienone is 1. The van der Waals surface area contributed by atoms with E-state index in [1.807, 2.05) is 0 Å². The third-order valence-electron chi connectivity index (χ3n) is 2.00. The Bertz CT molecular complexity index is 220. The molecule has 1 heterocycles. The van der Waals surface area contributed by atoms with Gasteiger partial charge in [-0.25, -0.2) is 0 Å². The van der Waals surface area contributed by atoms with Crippen molar-refractivity contribution in [3.63, 3.8) is 0 Å². The number of nitrogens with zero attached hydrogens (tertiary/aromatic N) is 1. The molecule has 0 aliphatic carbocycles. The molecule has 0 saturated carbocycles. The molecule has 0 spiro atoms. The Labute approximate surface area is 91.7 Å². The average Bonchev–Trinajstić information content (AvgIpc) is 2.26. The van der Waals surface area contributed by atoms with E-state index in [0.717, 1.165) is 0 Å². The van der Waals surface area contributed by atoms with E-state index in [4.69, 9.17) is 9.84 Å². The van der Waals surface area contributed by atoms with E-state index in [2.05, 4.69) is 15.9 Å². The Balaban J connectivity index is 2.43. The van der Waals surface area contributed by atoms with E-state index in [-0.39, 0.29) is 18.6 Å². The molecule has 1 amide bonds. The molecule has 0 unspecified atom stereocenters. The zero-order chi connectivity index (χ0) is 10.4. The van der Waals surface area contributed by atoms with E-state index in [0.29, 0.717) is 25.0 Å². The first-order chi connectivity index (χ1) is 6.77. The summed E-state index contributed by atoms with van der Waals surface area (Å²) in [6.07, 6.45) is 3.06. The summed E-state index contributed by atoms with van der Waals surface area (Å²) in [5, 5.41) is 9.55. The number of rotatable bonds is 3. The van der Waals surface area contributed by atoms with Crippen molar-refractivity contribution in [2.24, 2.45) is 0 Å². The lowest BCUT2D eigenvalue weighted by Crippen LogP contribution is -2.46. The summed E-state index contributed by atoms with van der Waals surface area (Å²) in [6.45, 7) is 1.54. The van der Waals surface area contributed by atoms with Gasteiger partial charge in [0.05, 0.1) is 19.3 Å². The van der Waals surface area contributed by atoms with Gasteiger partial charge < -0.3 is 14.7 Å². The summed E-state index contributed by atoms with van der Waals surface area (Å²) in [4.78, 5) is 13.2. The Morgan fingerprint density at radius 1 is 1.71 bits per heavy atom. The third kappa shape index (κ3) is 3.40. The van der Waals surface area contributed by atoms with Gasteiger partial charge in [0.1, 0.15) is 0 Å². The Morgan fingerprint density at radius 2 is 2.50 bits per heavy atom. The fourth-order valence-electron chi connectivity index (χ4n) is 1.28. The lowest BCUT2D eigenvalue weighted by atomic mass is 10.3. The van der Waals surface area contributed by atoms with Crippen LogP contribution in [0.25, 0.3) is 0 Å². The van der Waals surface area contributed by atoms with Gasteiger partial charge in [0.2, 0.25) is 5.91 Å². The van der Waals surface area contributed by atoms with Gasteiger partial charge in [0.25, 0.3) is 0 Å². The van der Waals surface area contributed by atoms with Crippen LogP contribution in [0.15, 0.2) is 12.2 Å². The lowest BCUT2D eigenvalue weighted by molar-refractivity contribution is -0.135. The van der Waals surface area contributed by atoms with Crippen LogP contribution in [0.1, 0.15) is 0 Å². The Morgan fingerprint density at radius 3 is 3.14 bits per heavy atom. The molecule has 1 N–H and O–H groups in total. The molecule has 1 rings (SSSR count). The maximum absolute atomic E-state index is 11.5. The second-order valence-corrected chi connectivity index (χ2v) is 3.66. The van der Waals surface area contributed by atoms with Crippen LogP contribution in [-0.4, -0.2) is 53.7 Å². The molecule has 1 aliphatic heterocycles. The van der Waals surface area contributed by atoms with Crippen molar-refractivity contribution < 1.29 is 14.6 Å². The first kappa shape index (κ1) is 11.7. The number of ether oxygens (including phenoxy) is 1. The number of hydrogen-bond donors (Lipinski definition) is 1. The number of amides is 1. The van der Waals surface area contributed by atoms with Crippen LogP contribution in [0.4, 0.5) is 0 Å². The summed E-state index contributed by atoms with van der Waals surface area (Å²) in [7, 11) is 0. The monoisotopic (exact) mass is 263 g/mol. The van der Waals surface area contributed by atoms with Crippen molar-refractivity contribution in [2.45, 2.75) is 6.10 Å². The number of morpholine rings is 1. The van der Waals surface area contributed by atoms with Crippen molar-refractivity contribution >= 4 is 21.8 Å². The van der Waals surface area contributed by atoms with Gasteiger partial charge >= 0.3 is 0 Å². The van der Waals surface area contributed by atoms with Crippen LogP contribution in [0.3, 0.4) is 0 Å². The number of carbonyl (C=O) groups is 1. The van der Waals surface area contributed by atoms with Gasteiger partial charge in [0, 0.05) is 18.4 Å². The van der Waals surface area contributed by atoms with E-state index in [1.165, 1.54) is 6.08 Å². The van der Waals surface area contributed by atoms with Crippen LogP contribution < -0.4 is 0 Å². The predicted molar refractivity (Wildman–Crippen MR) is 56.3 cm³/mol. The zero-order valence-electron chi connectivity index (χ0n) is 7.86. The van der Waals surface area contributed by atoms with Gasteiger partial charge in [-0.3, -0.25) is 4.79 Å². The largest absolute Gasteiger partial charge is 0.394 e. The summed E-state index contributed by atoms with van der Waals surface area (Å²) >= 11 is 3.21. The molecule has 1 atom stereocenters. The molecule has 1 saturated heterocycles. The van der Waals surface area contributed by atoms with Crippen molar-refractivity contribution in [1.82, 2.24) is 4.90 Å². The fourth-order valence-corrected chi connectivity index (χ4v) is 1.47. The summed E-state index contributed by atoms with van der Waals surface area (Å²) in [6, 6.07) is 0. The van der Waals surface area contributed by atoms with Gasteiger partial charge in [-0.2, -0.15) is 0 Å². The maximum atomic E-state index is 11.5. The van der Waals surface area contributed by atoms with Crippen molar-refractivity contribution in [3.8, 4) is 0 Å². The second-order valence-electron chi connectivity index (χ2n) is 3.02. The molecule has 0 bridgehead atoms. The highest BCUT2D eigenvalue weighted by Crippen LogP contribution is 2.05. The van der Waals surface area contributed by atoms with Crippen molar-refractivity contribution in [2.75, 3.05) is 31.6 Å². The molecule has 4 nitrogen and oxygen atoms in total. The number of alkyl halides is 1. The molecule has 14 heavy (non-hydrogen) atoms. The predicted octanol–water partition coefficient (Wildman–Crippen LogP) is 0.157. The Hall–Kier alpha value is -0.390. The van der Waals surface area contributed by atoms with Gasteiger partial charge in [0.15, 0.2) is 0 Å². The lowest BCUT2D eigenvalue weighted by Gasteiger charge is -2.31. The molecule has 1 aliphatic rings. The quantitative estimate of drug-likeness (QED) is 0.583. The SMILES string of the molecule is O=C(/C=C/CBr)N1CCO[C@@H](CO)C1. The second kappa shape index (κ2) is 6.16. The molecule has 0 aromatic carbocycles. The zero-order valence-corrected chi connectivity index (χ0v) is 9.44. The summed E-state index contributed by atoms with van der Waals surface area (Å²) in [5.74, 6) is -0.0220. The third-order valence-corrected chi connectivity index (χ3v) is 2.38. The average molecular weight is 264 g/mol. The van der Waals surface area contributed by atoms with Crippen molar-refractivity contribution in [1.29, 1.82) is 0 Å². The smallest absolute Gasteiger partial charge is 0.246 e. The highest BCUT2D eigenvalue weighted by molar-refractivity contribution is 9.09. The first-order valence-corrected chi connectivity index (χ1v) is 5.64. The molecular weight excluding hydrogens is 250 g/mol. The molecule has 5 heteroatoms. The number of hydrogen-bond acceptors (Lipinski definition) is 3. The minimum atomic E-state index is -0.231. The minimum absolute atomic E-state index is 0.0220. The molecule has 0 radical (unpaired) electrons. The minimum Gasteiger partial charge on any atom is -0.394 e. The topological polar surface area (TPSA) is 49.8 Å². The van der Waals surface area contributed by atoms with E-state index in [9.17, 15) is 4.79 Å². The number of aliphatic hydroxyl groups excluding tert-OH is 1. The van der Waals surface area contributed by atoms with E-state index >= 15 is 0 Å². The number of halogens is 1. The van der Waals surface area contributed by atoms with Crippen LogP contribution >= 0.6 is 15.9 Å². The van der Waals surface area contributed by atoms with Crippen LogP contribution in [0, 0.1) is 0 Å². The summed E-state index contributed by atoms with van der Waals surface area (Å²) in [5.41, 5.74) is 0. The van der Waals surface area contributed by atoms with Gasteiger partial charge in [-0.15, -0.1) is 0 Å². The van der Waals surface area contributed by atoms with Crippen LogP contribution in [0.5, 0.6) is 0 Å². The van der Waals surface area contributed by atoms with Gasteiger partial charge in [-0.1, -0.05) is 22.0 Å². The molecule has 1 fully saturated rings. The molecular formula is C9H14BrNO3. The highest BCUT2D eigenvalue weighted by atomic mass is 79.9. The fraction of sp³-hybridized carbons (Fsp3) is 0.667. The normalized spacial score (nSPS) is 23.0. The van der Waals surface area contributed by atoms with Gasteiger partial charge in [-0.05, 0) is 6.08 Å². The maximum Gasteiger partial charge on any atom is 0.246 e. The molecule has 80 valence electrons. The molecule has 0 aromatic heterocycles. The molecule has 0 aromatic rings. The summed E-state index contributed by atoms with van der Waals surface area (Å²) < 4.78 is 5.23. The van der Waals surface area contributed by atoms with E-state index in [1.54, 1.807) is 11.0 Å². The number of aliphatic hydroxyl groups is 1. The first-order valence-electron chi connectivity index (χ1n) is 4.51. The van der Waals surface area contributed by atoms with Crippen molar-refractivity contribution in [3.05, 3.63) is 12.2 Å². The van der Waals surface area contributed by atoms with E-state index < -0.39 is 0 Å². The van der Waals surface area contributed by atoms with Crippen LogP contribution in [0.2, 0.25) is 0 Å². The number of carbonyl (C=O) groups excluding carboxylic acids is 1. The highest BCUT2D eigenvalue weighted by Gasteiger charge is 2.21. The van der Waals surface area contributed by atoms with Crippen LogP contribution in [-0.2, 0) is 9.53 Å².